The molecule has 0 bridgehead atoms. The Kier molecular flexibility index (Phi) is 4.39. The minimum atomic E-state index is -0.139. The second-order valence-electron chi connectivity index (χ2n) is 5.13. The van der Waals surface area contributed by atoms with Gasteiger partial charge in [0.1, 0.15) is 0 Å². The smallest absolute Gasteiger partial charge is 0.170 e. The highest BCUT2D eigenvalue weighted by molar-refractivity contribution is 5.97. The number of nitrogens with zero attached hydrogens (tertiary/aromatic N) is 2. The highest BCUT2D eigenvalue weighted by Gasteiger charge is 2.17. The second kappa shape index (κ2) is 6.04. The SMILES string of the molecule is Cc1cc(/C(N)=N/O)ccc1CN1CCC(O)CC1. The summed E-state index contributed by atoms with van der Waals surface area (Å²) >= 11 is 0. The number of amidine groups is 1. The van der Waals surface area contributed by atoms with Gasteiger partial charge in [-0.3, -0.25) is 4.90 Å². The molecule has 1 heterocycles. The van der Waals surface area contributed by atoms with Gasteiger partial charge in [0.25, 0.3) is 0 Å². The van der Waals surface area contributed by atoms with Gasteiger partial charge in [-0.25, -0.2) is 0 Å². The Bertz CT molecular complexity index is 466. The Hall–Kier alpha value is -1.59. The lowest BCUT2D eigenvalue weighted by Crippen LogP contribution is -2.35. The van der Waals surface area contributed by atoms with Crippen molar-refractivity contribution in [3.05, 3.63) is 34.9 Å². The van der Waals surface area contributed by atoms with Crippen molar-refractivity contribution in [1.29, 1.82) is 0 Å². The number of benzene rings is 1. The summed E-state index contributed by atoms with van der Waals surface area (Å²) in [5, 5.41) is 21.2. The van der Waals surface area contributed by atoms with Crippen LogP contribution < -0.4 is 5.73 Å². The normalized spacial score (nSPS) is 18.7. The molecule has 0 radical (unpaired) electrons. The van der Waals surface area contributed by atoms with E-state index >= 15 is 0 Å². The maximum absolute atomic E-state index is 9.49. The van der Waals surface area contributed by atoms with Gasteiger partial charge >= 0.3 is 0 Å². The van der Waals surface area contributed by atoms with E-state index in [0.29, 0.717) is 0 Å². The van der Waals surface area contributed by atoms with Crippen molar-refractivity contribution in [3.8, 4) is 0 Å². The molecular weight excluding hydrogens is 242 g/mol. The second-order valence-corrected chi connectivity index (χ2v) is 5.13. The summed E-state index contributed by atoms with van der Waals surface area (Å²) in [5.74, 6) is 0.135. The first kappa shape index (κ1) is 13.8. The molecule has 5 heteroatoms. The zero-order chi connectivity index (χ0) is 13.8. The molecule has 0 spiro atoms. The molecule has 0 aromatic heterocycles. The van der Waals surface area contributed by atoms with Crippen LogP contribution in [0.25, 0.3) is 0 Å². The summed E-state index contributed by atoms with van der Waals surface area (Å²) in [4.78, 5) is 2.35. The lowest BCUT2D eigenvalue weighted by atomic mass is 10.0. The molecule has 0 unspecified atom stereocenters. The molecule has 5 nitrogen and oxygen atoms in total. The first-order chi connectivity index (χ1) is 9.10. The van der Waals surface area contributed by atoms with Crippen LogP contribution in [0.5, 0.6) is 0 Å². The molecule has 2 rings (SSSR count). The van der Waals surface area contributed by atoms with E-state index in [1.807, 2.05) is 25.1 Å². The van der Waals surface area contributed by atoms with Crippen LogP contribution in [0.2, 0.25) is 0 Å². The molecule has 0 amide bonds. The van der Waals surface area contributed by atoms with Crippen LogP contribution in [0, 0.1) is 6.92 Å². The van der Waals surface area contributed by atoms with Crippen LogP contribution in [0.3, 0.4) is 0 Å². The van der Waals surface area contributed by atoms with Crippen molar-refractivity contribution in [1.82, 2.24) is 4.90 Å². The zero-order valence-corrected chi connectivity index (χ0v) is 11.2. The van der Waals surface area contributed by atoms with Gasteiger partial charge in [0.05, 0.1) is 6.10 Å². The summed E-state index contributed by atoms with van der Waals surface area (Å²) in [6, 6.07) is 5.83. The largest absolute Gasteiger partial charge is 0.409 e. The van der Waals surface area contributed by atoms with Gasteiger partial charge in [-0.05, 0) is 37.0 Å². The first-order valence-corrected chi connectivity index (χ1v) is 6.58. The summed E-state index contributed by atoms with van der Waals surface area (Å²) in [5.41, 5.74) is 8.68. The van der Waals surface area contributed by atoms with E-state index in [9.17, 15) is 5.11 Å². The Morgan fingerprint density at radius 2 is 2.11 bits per heavy atom. The first-order valence-electron chi connectivity index (χ1n) is 6.58. The number of hydrogen-bond acceptors (Lipinski definition) is 4. The van der Waals surface area contributed by atoms with Crippen LogP contribution >= 0.6 is 0 Å². The molecule has 1 saturated heterocycles. The number of rotatable bonds is 3. The minimum absolute atomic E-state index is 0.135. The monoisotopic (exact) mass is 263 g/mol. The number of aliphatic hydroxyl groups is 1. The number of oxime groups is 1. The average Bonchev–Trinajstić information content (AvgIpc) is 2.42. The van der Waals surface area contributed by atoms with Crippen LogP contribution in [-0.4, -0.2) is 40.2 Å². The van der Waals surface area contributed by atoms with Gasteiger partial charge in [-0.15, -0.1) is 0 Å². The van der Waals surface area contributed by atoms with Crippen molar-refractivity contribution >= 4 is 5.84 Å². The fourth-order valence-electron chi connectivity index (χ4n) is 2.41. The van der Waals surface area contributed by atoms with Crippen molar-refractivity contribution < 1.29 is 10.3 Å². The van der Waals surface area contributed by atoms with Gasteiger partial charge < -0.3 is 16.0 Å². The van der Waals surface area contributed by atoms with Crippen LogP contribution in [0.15, 0.2) is 23.4 Å². The molecule has 0 aliphatic carbocycles. The fourth-order valence-corrected chi connectivity index (χ4v) is 2.41. The molecule has 1 aliphatic rings. The van der Waals surface area contributed by atoms with E-state index in [4.69, 9.17) is 10.9 Å². The van der Waals surface area contributed by atoms with E-state index in [1.165, 1.54) is 5.56 Å². The Labute approximate surface area is 113 Å². The quantitative estimate of drug-likeness (QED) is 0.329. The Morgan fingerprint density at radius 3 is 2.68 bits per heavy atom. The maximum atomic E-state index is 9.49. The highest BCUT2D eigenvalue weighted by atomic mass is 16.4. The molecule has 1 aliphatic heterocycles. The van der Waals surface area contributed by atoms with E-state index in [1.54, 1.807) is 0 Å². The fraction of sp³-hybridized carbons (Fsp3) is 0.500. The molecule has 1 aromatic carbocycles. The van der Waals surface area contributed by atoms with Gasteiger partial charge in [-0.1, -0.05) is 17.3 Å². The van der Waals surface area contributed by atoms with Gasteiger partial charge in [-0.2, -0.15) is 0 Å². The van der Waals surface area contributed by atoms with Crippen molar-refractivity contribution in [2.75, 3.05) is 13.1 Å². The van der Waals surface area contributed by atoms with E-state index in [0.717, 1.165) is 43.6 Å². The number of nitrogens with two attached hydrogens (primary N) is 1. The third-order valence-electron chi connectivity index (χ3n) is 3.70. The van der Waals surface area contributed by atoms with Crippen molar-refractivity contribution in [2.45, 2.75) is 32.4 Å². The lowest BCUT2D eigenvalue weighted by molar-refractivity contribution is 0.0792. The Morgan fingerprint density at radius 1 is 1.42 bits per heavy atom. The van der Waals surface area contributed by atoms with E-state index in [-0.39, 0.29) is 11.9 Å². The van der Waals surface area contributed by atoms with Gasteiger partial charge in [0, 0.05) is 25.2 Å². The van der Waals surface area contributed by atoms with Gasteiger partial charge in [0.15, 0.2) is 5.84 Å². The third-order valence-corrected chi connectivity index (χ3v) is 3.70. The summed E-state index contributed by atoms with van der Waals surface area (Å²) < 4.78 is 0. The van der Waals surface area contributed by atoms with Crippen LogP contribution in [0.1, 0.15) is 29.5 Å². The van der Waals surface area contributed by atoms with Gasteiger partial charge in [0.2, 0.25) is 0 Å². The van der Waals surface area contributed by atoms with Crippen molar-refractivity contribution in [2.24, 2.45) is 10.9 Å². The lowest BCUT2D eigenvalue weighted by Gasteiger charge is -2.29. The van der Waals surface area contributed by atoms with Crippen LogP contribution in [-0.2, 0) is 6.54 Å². The molecular formula is C14H21N3O2. The molecule has 0 saturated carbocycles. The van der Waals surface area contributed by atoms with Crippen LogP contribution in [0.4, 0.5) is 0 Å². The number of likely N-dealkylation sites (tertiary alicyclic amines) is 1. The summed E-state index contributed by atoms with van der Waals surface area (Å²) in [7, 11) is 0. The third kappa shape index (κ3) is 3.45. The summed E-state index contributed by atoms with van der Waals surface area (Å²) in [6.45, 7) is 4.78. The average molecular weight is 263 g/mol. The number of hydrogen-bond donors (Lipinski definition) is 3. The number of aliphatic hydroxyl groups excluding tert-OH is 1. The topological polar surface area (TPSA) is 82.1 Å². The highest BCUT2D eigenvalue weighted by Crippen LogP contribution is 2.17. The van der Waals surface area contributed by atoms with E-state index < -0.39 is 0 Å². The maximum Gasteiger partial charge on any atom is 0.170 e. The summed E-state index contributed by atoms with van der Waals surface area (Å²) in [6.07, 6.45) is 1.56. The molecule has 1 aromatic rings. The predicted octanol–water partition coefficient (Wildman–Crippen LogP) is 1.05. The number of aryl methyl sites for hydroxylation is 1. The predicted molar refractivity (Wildman–Crippen MR) is 74.2 cm³/mol. The molecule has 1 fully saturated rings. The molecule has 4 N–H and O–H groups in total. The van der Waals surface area contributed by atoms with Crippen molar-refractivity contribution in [3.63, 3.8) is 0 Å². The van der Waals surface area contributed by atoms with E-state index in [2.05, 4.69) is 10.1 Å². The zero-order valence-electron chi connectivity index (χ0n) is 11.2. The molecule has 0 atom stereocenters. The number of piperidine rings is 1. The molecule has 104 valence electrons. The Balaban J connectivity index is 2.05. The molecule has 19 heavy (non-hydrogen) atoms. The minimum Gasteiger partial charge on any atom is -0.409 e. The standard InChI is InChI=1S/C14H21N3O2/c1-10-8-11(14(15)16-19)2-3-12(10)9-17-6-4-13(18)5-7-17/h2-3,8,13,18-19H,4-7,9H2,1H3,(H2,15,16).